The van der Waals surface area contributed by atoms with E-state index in [1.165, 1.54) is 6.07 Å². The lowest BCUT2D eigenvalue weighted by molar-refractivity contribution is -0.0101. The number of benzene rings is 2. The van der Waals surface area contributed by atoms with Crippen molar-refractivity contribution in [2.24, 2.45) is 5.41 Å². The van der Waals surface area contributed by atoms with Crippen molar-refractivity contribution in [1.29, 1.82) is 0 Å². The van der Waals surface area contributed by atoms with E-state index in [-0.39, 0.29) is 55.9 Å². The topological polar surface area (TPSA) is 111 Å². The Morgan fingerprint density at radius 2 is 1.96 bits per heavy atom. The summed E-state index contributed by atoms with van der Waals surface area (Å²) in [5.41, 5.74) is -0.231. The molecule has 0 bridgehead atoms. The van der Waals surface area contributed by atoms with E-state index in [2.05, 4.69) is 10.9 Å². The number of carbonyl (C=O) groups excluding carboxylic acids is 1. The first-order valence-electron chi connectivity index (χ1n) is 15.7. The van der Waals surface area contributed by atoms with Gasteiger partial charge in [0, 0.05) is 55.7 Å². The molecule has 46 heavy (non-hydrogen) atoms. The van der Waals surface area contributed by atoms with Gasteiger partial charge in [-0.25, -0.2) is 8.78 Å². The Morgan fingerprint density at radius 1 is 1.17 bits per heavy atom. The number of amides is 1. The molecule has 2 N–H and O–H groups in total. The highest BCUT2D eigenvalue weighted by Crippen LogP contribution is 2.61. The summed E-state index contributed by atoms with van der Waals surface area (Å²) in [7, 11) is 0. The maximum absolute atomic E-state index is 14.8. The zero-order valence-corrected chi connectivity index (χ0v) is 25.8. The van der Waals surface area contributed by atoms with E-state index in [4.69, 9.17) is 20.9 Å². The summed E-state index contributed by atoms with van der Waals surface area (Å²) >= 11 is 0. The minimum Gasteiger partial charge on any atom is -0.508 e. The number of aliphatic hydroxyl groups is 1. The van der Waals surface area contributed by atoms with E-state index in [1.807, 2.05) is 9.80 Å². The lowest BCUT2D eigenvalue weighted by atomic mass is 9.95. The van der Waals surface area contributed by atoms with E-state index in [9.17, 15) is 23.8 Å². The number of alkyl halides is 2. The van der Waals surface area contributed by atoms with Gasteiger partial charge >= 0.3 is 6.01 Å². The first kappa shape index (κ1) is 30.6. The zero-order chi connectivity index (χ0) is 32.3. The van der Waals surface area contributed by atoms with Crippen LogP contribution < -0.4 is 9.64 Å². The van der Waals surface area contributed by atoms with E-state index >= 15 is 0 Å². The van der Waals surface area contributed by atoms with Crippen molar-refractivity contribution >= 4 is 22.5 Å². The maximum Gasteiger partial charge on any atom is 0.318 e. The summed E-state index contributed by atoms with van der Waals surface area (Å²) in [5, 5.41) is 22.6. The molecule has 2 saturated heterocycles. The minimum atomic E-state index is -2.86. The van der Waals surface area contributed by atoms with Crippen LogP contribution in [0.15, 0.2) is 30.3 Å². The molecule has 10 nitrogen and oxygen atoms in total. The molecule has 3 aromatic rings. The van der Waals surface area contributed by atoms with Gasteiger partial charge in [0.1, 0.15) is 18.2 Å². The van der Waals surface area contributed by atoms with Gasteiger partial charge in [0.05, 0.1) is 48.6 Å². The second-order valence-electron chi connectivity index (χ2n) is 13.3. The number of β-amino-alcohol motifs (C(OH)–C–C–N with tert-alkyl or cyclic N) is 1. The van der Waals surface area contributed by atoms with Gasteiger partial charge in [-0.2, -0.15) is 9.97 Å². The minimum absolute atomic E-state index is 0.0326. The highest BCUT2D eigenvalue weighted by molar-refractivity contribution is 6.09. The van der Waals surface area contributed by atoms with Crippen molar-refractivity contribution < 1.29 is 33.3 Å². The van der Waals surface area contributed by atoms with Crippen LogP contribution in [-0.2, 0) is 17.8 Å². The van der Waals surface area contributed by atoms with Crippen LogP contribution in [0.2, 0.25) is 0 Å². The highest BCUT2D eigenvalue weighted by Gasteiger charge is 2.72. The Labute approximate surface area is 265 Å². The predicted octanol–water partition coefficient (Wildman–Crippen LogP) is 3.56. The molecule has 4 aliphatic rings. The van der Waals surface area contributed by atoms with Crippen LogP contribution in [0.5, 0.6) is 11.8 Å². The fourth-order valence-electron chi connectivity index (χ4n) is 7.10. The summed E-state index contributed by atoms with van der Waals surface area (Å²) < 4.78 is 41.0. The average molecular weight is 634 g/mol. The van der Waals surface area contributed by atoms with Crippen LogP contribution in [0.1, 0.15) is 53.4 Å². The number of terminal acetylenes is 1. The zero-order valence-electron chi connectivity index (χ0n) is 25.8. The van der Waals surface area contributed by atoms with Gasteiger partial charge in [-0.15, -0.1) is 6.42 Å². The Morgan fingerprint density at radius 3 is 2.67 bits per heavy atom. The van der Waals surface area contributed by atoms with Crippen molar-refractivity contribution in [3.8, 4) is 24.1 Å². The summed E-state index contributed by atoms with van der Waals surface area (Å²) in [6, 6.07) is 8.26. The standard InChI is InChI=1S/C34H37F2N5O5/c1-3-22-6-4-7-23-14-24(42)15-25(28(22)23)30(43)41-16-26-27(17-41)37-31(38-29(26)40-9-5-8-32(2,44)19-40)46-21-33(18-34(33,35)36)20-39-10-12-45-13-11-39/h1,4,6-7,14-15,42,44H,5,8-13,16-21H2,2H3/t32-,33?/m1/s1. The molecule has 4 heterocycles. The predicted molar refractivity (Wildman–Crippen MR) is 166 cm³/mol. The molecule has 2 aromatic carbocycles. The summed E-state index contributed by atoms with van der Waals surface area (Å²) in [6.07, 6.45) is 6.85. The number of phenols is 1. The second-order valence-corrected chi connectivity index (χ2v) is 13.3. The molecule has 12 heteroatoms. The number of aromatic hydroxyl groups is 1. The van der Waals surface area contributed by atoms with Crippen molar-refractivity contribution in [1.82, 2.24) is 19.8 Å². The molecule has 1 unspecified atom stereocenters. The number of carbonyl (C=O) groups is 1. The second kappa shape index (κ2) is 11.3. The van der Waals surface area contributed by atoms with Gasteiger partial charge in [0.25, 0.3) is 11.8 Å². The largest absolute Gasteiger partial charge is 0.508 e. The molecule has 0 spiro atoms. The lowest BCUT2D eigenvalue weighted by Gasteiger charge is -2.38. The number of aromatic nitrogens is 2. The molecular weight excluding hydrogens is 596 g/mol. The Balaban J connectivity index is 1.20. The number of ether oxygens (including phenoxy) is 2. The molecule has 1 amide bonds. The number of rotatable bonds is 7. The number of morpholine rings is 1. The number of nitrogens with zero attached hydrogens (tertiary/aromatic N) is 5. The van der Waals surface area contributed by atoms with Gasteiger partial charge in [0.15, 0.2) is 0 Å². The van der Waals surface area contributed by atoms with Crippen LogP contribution in [-0.4, -0.2) is 100.0 Å². The van der Waals surface area contributed by atoms with Crippen molar-refractivity contribution in [3.05, 3.63) is 52.7 Å². The number of piperidine rings is 1. The number of hydrogen-bond donors (Lipinski definition) is 2. The Kier molecular flexibility index (Phi) is 7.54. The van der Waals surface area contributed by atoms with Crippen molar-refractivity contribution in [2.75, 3.05) is 57.4 Å². The normalized spacial score (nSPS) is 25.7. The number of phenolic OH excluding ortho intramolecular Hbond substituents is 1. The molecule has 0 radical (unpaired) electrons. The molecule has 1 aliphatic carbocycles. The quantitative estimate of drug-likeness (QED) is 0.378. The monoisotopic (exact) mass is 633 g/mol. The summed E-state index contributed by atoms with van der Waals surface area (Å²) in [4.78, 5) is 29.0. The average Bonchev–Trinajstić information content (AvgIpc) is 3.32. The lowest BCUT2D eigenvalue weighted by Crippen LogP contribution is -2.47. The number of halogens is 2. The first-order chi connectivity index (χ1) is 22.0. The fourth-order valence-corrected chi connectivity index (χ4v) is 7.10. The third-order valence-corrected chi connectivity index (χ3v) is 9.67. The van der Waals surface area contributed by atoms with E-state index < -0.39 is 16.9 Å². The summed E-state index contributed by atoms with van der Waals surface area (Å²) in [5.74, 6) is -0.107. The van der Waals surface area contributed by atoms with Crippen LogP contribution >= 0.6 is 0 Å². The van der Waals surface area contributed by atoms with Gasteiger partial charge in [-0.1, -0.05) is 18.1 Å². The van der Waals surface area contributed by atoms with Crippen LogP contribution in [0.4, 0.5) is 14.6 Å². The molecule has 3 aliphatic heterocycles. The Hall–Kier alpha value is -4.05. The smallest absolute Gasteiger partial charge is 0.318 e. The van der Waals surface area contributed by atoms with Crippen LogP contribution in [0.3, 0.4) is 0 Å². The molecular formula is C34H37F2N5O5. The number of anilines is 1. The van der Waals surface area contributed by atoms with Crippen molar-refractivity contribution in [2.45, 2.75) is 50.8 Å². The maximum atomic E-state index is 14.8. The molecule has 3 fully saturated rings. The third kappa shape index (κ3) is 5.61. The molecule has 1 saturated carbocycles. The van der Waals surface area contributed by atoms with Crippen LogP contribution in [0.25, 0.3) is 10.8 Å². The van der Waals surface area contributed by atoms with E-state index in [0.29, 0.717) is 79.2 Å². The third-order valence-electron chi connectivity index (χ3n) is 9.67. The first-order valence-corrected chi connectivity index (χ1v) is 15.7. The van der Waals surface area contributed by atoms with Gasteiger partial charge in [-0.3, -0.25) is 9.69 Å². The molecule has 242 valence electrons. The number of hydrogen-bond acceptors (Lipinski definition) is 9. The SMILES string of the molecule is C#Cc1cccc2cc(O)cc(C(=O)N3Cc4nc(OCC5(CN6CCOCC6)CC5(F)F)nc(N5CCC[C@@](C)(O)C5)c4C3)c12. The van der Waals surface area contributed by atoms with Gasteiger partial charge < -0.3 is 29.5 Å². The van der Waals surface area contributed by atoms with Crippen LogP contribution in [0, 0.1) is 17.8 Å². The highest BCUT2D eigenvalue weighted by atomic mass is 19.3. The van der Waals surface area contributed by atoms with Gasteiger partial charge in [0.2, 0.25) is 0 Å². The summed E-state index contributed by atoms with van der Waals surface area (Å²) in [6.45, 7) is 5.14. The molecule has 1 aromatic heterocycles. The van der Waals surface area contributed by atoms with E-state index in [1.54, 1.807) is 36.1 Å². The fraction of sp³-hybridized carbons (Fsp3) is 0.500. The van der Waals surface area contributed by atoms with Gasteiger partial charge in [-0.05, 0) is 43.4 Å². The molecule has 7 rings (SSSR count). The molecule has 2 atom stereocenters. The number of fused-ring (bicyclic) bond motifs is 2. The van der Waals surface area contributed by atoms with E-state index in [0.717, 1.165) is 6.42 Å². The van der Waals surface area contributed by atoms with Crippen molar-refractivity contribution in [3.63, 3.8) is 0 Å². The Bertz CT molecular complexity index is 1740.